The number of nitrogens with zero attached hydrogens (tertiary/aromatic N) is 2. The van der Waals surface area contributed by atoms with Crippen molar-refractivity contribution in [2.24, 2.45) is 5.10 Å². The molecule has 0 aliphatic rings. The number of rotatable bonds is 6. The van der Waals surface area contributed by atoms with E-state index in [4.69, 9.17) is 17.0 Å². The van der Waals surface area contributed by atoms with Gasteiger partial charge in [-0.05, 0) is 54.2 Å². The van der Waals surface area contributed by atoms with Crippen LogP contribution in [-0.2, 0) is 10.0 Å². The van der Waals surface area contributed by atoms with E-state index in [2.05, 4.69) is 15.8 Å². The summed E-state index contributed by atoms with van der Waals surface area (Å²) in [6.07, 6.45) is 1.50. The molecular formula is C17H20N4O4S2. The van der Waals surface area contributed by atoms with Crippen LogP contribution in [-0.4, -0.2) is 50.4 Å². The van der Waals surface area contributed by atoms with Gasteiger partial charge in [-0.15, -0.1) is 0 Å². The van der Waals surface area contributed by atoms with Crippen molar-refractivity contribution in [3.63, 3.8) is 0 Å². The SMILES string of the molecule is COc1cc(C=NNC(=S)Nc2cccc(S(=O)(=O)N(C)C)c2)ccc1O. The maximum absolute atomic E-state index is 12.2. The number of nitrogens with one attached hydrogen (secondary N) is 2. The molecule has 0 aliphatic carbocycles. The van der Waals surface area contributed by atoms with Crippen LogP contribution in [0.3, 0.4) is 0 Å². The molecule has 3 N–H and O–H groups in total. The molecule has 0 spiro atoms. The molecule has 0 radical (unpaired) electrons. The minimum absolute atomic E-state index is 0.0346. The van der Waals surface area contributed by atoms with Gasteiger partial charge < -0.3 is 15.2 Å². The van der Waals surface area contributed by atoms with Crippen LogP contribution in [0.4, 0.5) is 5.69 Å². The summed E-state index contributed by atoms with van der Waals surface area (Å²) in [6, 6.07) is 11.1. The quantitative estimate of drug-likeness (QED) is 0.381. The van der Waals surface area contributed by atoms with Gasteiger partial charge in [0, 0.05) is 19.8 Å². The lowest BCUT2D eigenvalue weighted by atomic mass is 10.2. The number of ether oxygens (including phenoxy) is 1. The van der Waals surface area contributed by atoms with E-state index in [9.17, 15) is 13.5 Å². The minimum Gasteiger partial charge on any atom is -0.504 e. The van der Waals surface area contributed by atoms with E-state index in [-0.39, 0.29) is 15.8 Å². The van der Waals surface area contributed by atoms with Crippen molar-refractivity contribution < 1.29 is 18.3 Å². The Kier molecular flexibility index (Phi) is 6.72. The zero-order valence-corrected chi connectivity index (χ0v) is 16.6. The van der Waals surface area contributed by atoms with E-state index in [1.165, 1.54) is 45.6 Å². The van der Waals surface area contributed by atoms with Gasteiger partial charge >= 0.3 is 0 Å². The predicted octanol–water partition coefficient (Wildman–Crippen LogP) is 1.97. The number of methoxy groups -OCH3 is 1. The summed E-state index contributed by atoms with van der Waals surface area (Å²) in [5.41, 5.74) is 3.84. The molecule has 0 saturated heterocycles. The minimum atomic E-state index is -3.53. The van der Waals surface area contributed by atoms with Crippen molar-refractivity contribution in [3.8, 4) is 11.5 Å². The summed E-state index contributed by atoms with van der Waals surface area (Å²) in [7, 11) is 0.860. The summed E-state index contributed by atoms with van der Waals surface area (Å²) in [5, 5.41) is 16.6. The topological polar surface area (TPSA) is 103 Å². The van der Waals surface area contributed by atoms with Gasteiger partial charge in [0.1, 0.15) is 0 Å². The molecule has 8 nitrogen and oxygen atoms in total. The van der Waals surface area contributed by atoms with E-state index in [1.54, 1.807) is 24.3 Å². The van der Waals surface area contributed by atoms with Crippen molar-refractivity contribution in [1.29, 1.82) is 0 Å². The Hall–Kier alpha value is -2.69. The number of hydrogen-bond donors (Lipinski definition) is 3. The second-order valence-electron chi connectivity index (χ2n) is 5.57. The first kappa shape index (κ1) is 20.6. The third kappa shape index (κ3) is 5.39. The van der Waals surface area contributed by atoms with Gasteiger partial charge in [0.2, 0.25) is 10.0 Å². The normalized spacial score (nSPS) is 11.6. The fraction of sp³-hybridized carbons (Fsp3) is 0.176. The molecule has 0 unspecified atom stereocenters. The highest BCUT2D eigenvalue weighted by molar-refractivity contribution is 7.89. The second kappa shape index (κ2) is 8.80. The fourth-order valence-electron chi connectivity index (χ4n) is 2.04. The average Bonchev–Trinajstić information content (AvgIpc) is 2.63. The lowest BCUT2D eigenvalue weighted by molar-refractivity contribution is 0.373. The van der Waals surface area contributed by atoms with Gasteiger partial charge in [0.25, 0.3) is 0 Å². The van der Waals surface area contributed by atoms with Gasteiger partial charge in [-0.2, -0.15) is 5.10 Å². The lowest BCUT2D eigenvalue weighted by Crippen LogP contribution is -2.25. The Morgan fingerprint density at radius 2 is 2.00 bits per heavy atom. The van der Waals surface area contributed by atoms with Gasteiger partial charge in [0.05, 0.1) is 18.2 Å². The number of thiocarbonyl (C=S) groups is 1. The summed E-state index contributed by atoms with van der Waals surface area (Å²) >= 11 is 5.15. The van der Waals surface area contributed by atoms with Crippen molar-refractivity contribution in [2.45, 2.75) is 4.90 Å². The number of hydrogen-bond acceptors (Lipinski definition) is 6. The van der Waals surface area contributed by atoms with E-state index >= 15 is 0 Å². The molecule has 0 aliphatic heterocycles. The van der Waals surface area contributed by atoms with Crippen LogP contribution in [0.15, 0.2) is 52.5 Å². The van der Waals surface area contributed by atoms with Crippen LogP contribution >= 0.6 is 12.2 Å². The summed E-state index contributed by atoms with van der Waals surface area (Å²) in [4.78, 5) is 0.153. The molecule has 0 fully saturated rings. The lowest BCUT2D eigenvalue weighted by Gasteiger charge is -2.13. The Bertz CT molecular complexity index is 959. The molecule has 2 aromatic rings. The Morgan fingerprint density at radius 1 is 1.26 bits per heavy atom. The second-order valence-corrected chi connectivity index (χ2v) is 8.13. The van der Waals surface area contributed by atoms with Crippen LogP contribution in [0.2, 0.25) is 0 Å². The van der Waals surface area contributed by atoms with Crippen LogP contribution in [0.5, 0.6) is 11.5 Å². The molecule has 0 aromatic heterocycles. The number of phenols is 1. The molecule has 0 heterocycles. The molecule has 2 aromatic carbocycles. The standard InChI is InChI=1S/C17H20N4O4S2/c1-21(2)27(23,24)14-6-4-5-13(10-14)19-17(26)20-18-11-12-7-8-15(22)16(9-12)25-3/h4-11,22H,1-3H3,(H2,19,20,26). The van der Waals surface area contributed by atoms with E-state index in [1.807, 2.05) is 0 Å². The van der Waals surface area contributed by atoms with Crippen LogP contribution in [0.25, 0.3) is 0 Å². The van der Waals surface area contributed by atoms with Crippen LogP contribution in [0.1, 0.15) is 5.56 Å². The smallest absolute Gasteiger partial charge is 0.242 e. The molecular weight excluding hydrogens is 388 g/mol. The van der Waals surface area contributed by atoms with Gasteiger partial charge in [0.15, 0.2) is 16.6 Å². The zero-order chi connectivity index (χ0) is 20.0. The van der Waals surface area contributed by atoms with Crippen LogP contribution in [0, 0.1) is 0 Å². The predicted molar refractivity (Wildman–Crippen MR) is 109 cm³/mol. The summed E-state index contributed by atoms with van der Waals surface area (Å²) in [5.74, 6) is 0.367. The highest BCUT2D eigenvalue weighted by Crippen LogP contribution is 2.25. The van der Waals surface area contributed by atoms with Crippen molar-refractivity contribution in [2.75, 3.05) is 26.5 Å². The zero-order valence-electron chi connectivity index (χ0n) is 15.0. The number of aromatic hydroxyl groups is 1. The molecule has 144 valence electrons. The number of anilines is 1. The van der Waals surface area contributed by atoms with Crippen LogP contribution < -0.4 is 15.5 Å². The Morgan fingerprint density at radius 3 is 2.67 bits per heavy atom. The Labute approximate surface area is 163 Å². The number of phenolic OH excluding ortho intramolecular Hbond substituents is 1. The first-order valence-electron chi connectivity index (χ1n) is 7.73. The third-order valence-electron chi connectivity index (χ3n) is 3.45. The van der Waals surface area contributed by atoms with Crippen molar-refractivity contribution >= 4 is 39.3 Å². The molecule has 2 rings (SSSR count). The maximum Gasteiger partial charge on any atom is 0.242 e. The molecule has 0 bridgehead atoms. The van der Waals surface area contributed by atoms with Crippen molar-refractivity contribution in [3.05, 3.63) is 48.0 Å². The number of hydrazone groups is 1. The van der Waals surface area contributed by atoms with Gasteiger partial charge in [-0.3, -0.25) is 5.43 Å². The summed E-state index contributed by atoms with van der Waals surface area (Å²) < 4.78 is 30.5. The Balaban J connectivity index is 2.02. The molecule has 27 heavy (non-hydrogen) atoms. The van der Waals surface area contributed by atoms with Gasteiger partial charge in [-0.25, -0.2) is 12.7 Å². The van der Waals surface area contributed by atoms with E-state index < -0.39 is 10.0 Å². The fourth-order valence-corrected chi connectivity index (χ4v) is 3.16. The van der Waals surface area contributed by atoms with Gasteiger partial charge in [-0.1, -0.05) is 6.07 Å². The molecule has 0 saturated carbocycles. The molecule has 0 amide bonds. The molecule has 10 heteroatoms. The summed E-state index contributed by atoms with van der Waals surface area (Å²) in [6.45, 7) is 0. The van der Waals surface area contributed by atoms with E-state index in [0.717, 1.165) is 4.31 Å². The van der Waals surface area contributed by atoms with Crippen molar-refractivity contribution in [1.82, 2.24) is 9.73 Å². The molecule has 0 atom stereocenters. The first-order chi connectivity index (χ1) is 12.7. The average molecular weight is 409 g/mol. The third-order valence-corrected chi connectivity index (χ3v) is 5.46. The number of sulfonamides is 1. The van der Waals surface area contributed by atoms with E-state index in [0.29, 0.717) is 17.0 Å². The first-order valence-corrected chi connectivity index (χ1v) is 9.58. The highest BCUT2D eigenvalue weighted by atomic mass is 32.2. The highest BCUT2D eigenvalue weighted by Gasteiger charge is 2.17. The monoisotopic (exact) mass is 408 g/mol. The largest absolute Gasteiger partial charge is 0.504 e. The maximum atomic E-state index is 12.2. The number of benzene rings is 2.